The standard InChI is InChI=1S/C6H6O4S.K/c7-11(8,9)10-6-4-2-1-3-5-6;/h1-5H,(H,7,8,9);/q;+1/p-1. The number of hydrogen-bond donors (Lipinski definition) is 0. The maximum atomic E-state index is 10.0. The molecular formula is C6H5KO4S. The van der Waals surface area contributed by atoms with Gasteiger partial charge in [0.2, 0.25) is 0 Å². The topological polar surface area (TPSA) is 66.4 Å². The van der Waals surface area contributed by atoms with Crippen molar-refractivity contribution in [2.75, 3.05) is 0 Å². The van der Waals surface area contributed by atoms with Gasteiger partial charge in [0.25, 0.3) is 10.4 Å². The first-order valence-corrected chi connectivity index (χ1v) is 4.11. The minimum Gasteiger partial charge on any atom is -0.716 e. The van der Waals surface area contributed by atoms with E-state index in [0.29, 0.717) is 0 Å². The predicted octanol–water partition coefficient (Wildman–Crippen LogP) is -2.47. The second-order valence-electron chi connectivity index (χ2n) is 1.80. The number of rotatable bonds is 2. The van der Waals surface area contributed by atoms with Crippen LogP contribution in [0.3, 0.4) is 0 Å². The van der Waals surface area contributed by atoms with Gasteiger partial charge in [-0.2, -0.15) is 0 Å². The Kier molecular flexibility index (Phi) is 5.58. The molecule has 0 bridgehead atoms. The van der Waals surface area contributed by atoms with Crippen LogP contribution >= 0.6 is 0 Å². The zero-order valence-corrected chi connectivity index (χ0v) is 10.4. The van der Waals surface area contributed by atoms with E-state index in [2.05, 4.69) is 4.18 Å². The van der Waals surface area contributed by atoms with Gasteiger partial charge in [0.1, 0.15) is 5.75 Å². The van der Waals surface area contributed by atoms with Crippen molar-refractivity contribution >= 4 is 10.4 Å². The second kappa shape index (κ2) is 5.33. The van der Waals surface area contributed by atoms with E-state index >= 15 is 0 Å². The number of hydrogen-bond acceptors (Lipinski definition) is 4. The quantitative estimate of drug-likeness (QED) is 0.309. The summed E-state index contributed by atoms with van der Waals surface area (Å²) >= 11 is 0. The van der Waals surface area contributed by atoms with Gasteiger partial charge in [-0.05, 0) is 12.1 Å². The molecule has 0 aliphatic carbocycles. The molecule has 0 aliphatic heterocycles. The smallest absolute Gasteiger partial charge is 0.716 e. The van der Waals surface area contributed by atoms with E-state index in [1.165, 1.54) is 12.1 Å². The minimum atomic E-state index is -4.63. The van der Waals surface area contributed by atoms with E-state index in [0.717, 1.165) is 0 Å². The molecule has 0 aliphatic rings. The van der Waals surface area contributed by atoms with Crippen molar-refractivity contribution in [1.82, 2.24) is 0 Å². The van der Waals surface area contributed by atoms with Crippen LogP contribution in [0.15, 0.2) is 30.3 Å². The Bertz CT molecular complexity index is 321. The fourth-order valence-corrected chi connectivity index (χ4v) is 0.941. The van der Waals surface area contributed by atoms with Gasteiger partial charge < -0.3 is 8.74 Å². The Morgan fingerprint density at radius 1 is 1.17 bits per heavy atom. The Labute approximate surface area is 113 Å². The molecule has 0 spiro atoms. The molecule has 0 fully saturated rings. The van der Waals surface area contributed by atoms with Crippen molar-refractivity contribution in [3.63, 3.8) is 0 Å². The summed E-state index contributed by atoms with van der Waals surface area (Å²) in [5.41, 5.74) is 0. The van der Waals surface area contributed by atoms with Gasteiger partial charge in [-0.1, -0.05) is 18.2 Å². The molecule has 0 unspecified atom stereocenters. The molecule has 60 valence electrons. The molecule has 0 saturated carbocycles. The van der Waals surface area contributed by atoms with E-state index in [1.807, 2.05) is 0 Å². The monoisotopic (exact) mass is 212 g/mol. The zero-order chi connectivity index (χ0) is 8.32. The van der Waals surface area contributed by atoms with Crippen LogP contribution in [0.25, 0.3) is 0 Å². The van der Waals surface area contributed by atoms with Crippen LogP contribution in [0.5, 0.6) is 5.75 Å². The zero-order valence-electron chi connectivity index (χ0n) is 6.43. The Balaban J connectivity index is 0.00000121. The van der Waals surface area contributed by atoms with Crippen molar-refractivity contribution < 1.29 is 68.5 Å². The fraction of sp³-hybridized carbons (Fsp3) is 0. The molecule has 0 saturated heterocycles. The molecule has 0 radical (unpaired) electrons. The molecule has 1 aromatic rings. The maximum absolute atomic E-state index is 10.0. The molecule has 0 heterocycles. The van der Waals surface area contributed by atoms with Crippen LogP contribution in [0.1, 0.15) is 0 Å². The van der Waals surface area contributed by atoms with Crippen molar-refractivity contribution in [3.05, 3.63) is 30.3 Å². The normalized spacial score (nSPS) is 10.1. The van der Waals surface area contributed by atoms with E-state index in [-0.39, 0.29) is 57.1 Å². The van der Waals surface area contributed by atoms with Crippen LogP contribution in [-0.2, 0) is 10.4 Å². The third-order valence-electron chi connectivity index (χ3n) is 0.941. The van der Waals surface area contributed by atoms with E-state index in [4.69, 9.17) is 0 Å². The summed E-state index contributed by atoms with van der Waals surface area (Å²) in [6, 6.07) is 7.59. The van der Waals surface area contributed by atoms with Crippen LogP contribution in [0, 0.1) is 0 Å². The van der Waals surface area contributed by atoms with Gasteiger partial charge in [-0.3, -0.25) is 0 Å². The largest absolute Gasteiger partial charge is 1.00 e. The van der Waals surface area contributed by atoms with Crippen LogP contribution in [0.2, 0.25) is 0 Å². The van der Waals surface area contributed by atoms with E-state index in [9.17, 15) is 13.0 Å². The first-order chi connectivity index (χ1) is 5.08. The third-order valence-corrected chi connectivity index (χ3v) is 1.34. The van der Waals surface area contributed by atoms with E-state index < -0.39 is 10.4 Å². The van der Waals surface area contributed by atoms with Gasteiger partial charge in [0.15, 0.2) is 0 Å². The van der Waals surface area contributed by atoms with Gasteiger partial charge in [-0.15, -0.1) is 0 Å². The van der Waals surface area contributed by atoms with Gasteiger partial charge in [-0.25, -0.2) is 8.42 Å². The summed E-state index contributed by atoms with van der Waals surface area (Å²) in [5.74, 6) is 0.0301. The summed E-state index contributed by atoms with van der Waals surface area (Å²) in [7, 11) is -4.63. The third kappa shape index (κ3) is 5.25. The Morgan fingerprint density at radius 2 is 1.67 bits per heavy atom. The minimum absolute atomic E-state index is 0. The molecule has 0 aromatic heterocycles. The van der Waals surface area contributed by atoms with Crippen LogP contribution in [0.4, 0.5) is 0 Å². The summed E-state index contributed by atoms with van der Waals surface area (Å²) < 4.78 is 34.1. The molecule has 4 nitrogen and oxygen atoms in total. The van der Waals surface area contributed by atoms with Gasteiger partial charge in [0, 0.05) is 0 Å². The summed E-state index contributed by atoms with van der Waals surface area (Å²) in [5, 5.41) is 0. The van der Waals surface area contributed by atoms with Crippen molar-refractivity contribution in [3.8, 4) is 5.75 Å². The van der Waals surface area contributed by atoms with Crippen molar-refractivity contribution in [1.29, 1.82) is 0 Å². The molecule has 1 rings (SSSR count). The first kappa shape index (κ1) is 12.6. The molecule has 1 aromatic carbocycles. The Morgan fingerprint density at radius 3 is 2.08 bits per heavy atom. The predicted molar refractivity (Wildman–Crippen MR) is 36.8 cm³/mol. The fourth-order valence-electron chi connectivity index (χ4n) is 0.594. The maximum Gasteiger partial charge on any atom is 1.00 e. The molecule has 6 heteroatoms. The van der Waals surface area contributed by atoms with Gasteiger partial charge in [0.05, 0.1) is 0 Å². The SMILES string of the molecule is O=S(=O)([O-])Oc1ccccc1.[K+]. The van der Waals surface area contributed by atoms with Crippen LogP contribution in [-0.4, -0.2) is 13.0 Å². The van der Waals surface area contributed by atoms with E-state index in [1.54, 1.807) is 18.2 Å². The molecular weight excluding hydrogens is 207 g/mol. The first-order valence-electron chi connectivity index (χ1n) is 2.78. The molecule has 12 heavy (non-hydrogen) atoms. The number of para-hydroxylation sites is 1. The van der Waals surface area contributed by atoms with Gasteiger partial charge >= 0.3 is 51.4 Å². The average Bonchev–Trinajstić information content (AvgIpc) is 1.85. The molecule has 0 atom stereocenters. The summed E-state index contributed by atoms with van der Waals surface area (Å²) in [6.07, 6.45) is 0. The van der Waals surface area contributed by atoms with Crippen LogP contribution < -0.4 is 55.6 Å². The number of benzene rings is 1. The summed E-state index contributed by atoms with van der Waals surface area (Å²) in [6.45, 7) is 0. The molecule has 0 N–H and O–H groups in total. The van der Waals surface area contributed by atoms with Crippen molar-refractivity contribution in [2.24, 2.45) is 0 Å². The Hall–Kier alpha value is 0.566. The summed E-state index contributed by atoms with van der Waals surface area (Å²) in [4.78, 5) is 0. The second-order valence-corrected chi connectivity index (χ2v) is 2.79. The molecule has 0 amide bonds. The average molecular weight is 212 g/mol. The van der Waals surface area contributed by atoms with Crippen molar-refractivity contribution in [2.45, 2.75) is 0 Å².